The van der Waals surface area contributed by atoms with Gasteiger partial charge in [0.25, 0.3) is 0 Å². The Hall–Kier alpha value is 0.250. The van der Waals surface area contributed by atoms with Gasteiger partial charge in [-0.05, 0) is 25.8 Å². The van der Waals surface area contributed by atoms with E-state index in [1.54, 1.807) is 0 Å². The van der Waals surface area contributed by atoms with Crippen molar-refractivity contribution in [3.05, 3.63) is 0 Å². The lowest BCUT2D eigenvalue weighted by Gasteiger charge is -2.20. The Morgan fingerprint density at radius 2 is 1.32 bits per heavy atom. The summed E-state index contributed by atoms with van der Waals surface area (Å²) in [6.07, 6.45) is 17.1. The van der Waals surface area contributed by atoms with Gasteiger partial charge in [0.15, 0.2) is 0 Å². The van der Waals surface area contributed by atoms with Crippen LogP contribution in [-0.2, 0) is 0 Å². The smallest absolute Gasteiger partial charge is 0.0351 e. The van der Waals surface area contributed by atoms with Crippen LogP contribution in [0.15, 0.2) is 0 Å². The van der Waals surface area contributed by atoms with E-state index in [1.807, 2.05) is 0 Å². The number of nitrogens with zero attached hydrogens (tertiary/aromatic N) is 1. The number of unbranched alkanes of at least 4 members (excludes halogenated alkanes) is 9. The van der Waals surface area contributed by atoms with Crippen LogP contribution in [0.5, 0.6) is 0 Å². The molecule has 1 saturated carbocycles. The molecule has 0 atom stereocenters. The molecule has 0 radical (unpaired) electrons. The highest BCUT2D eigenvalue weighted by molar-refractivity contribution is 6.18. The summed E-state index contributed by atoms with van der Waals surface area (Å²) in [5.74, 6) is 0.800. The lowest BCUT2D eigenvalue weighted by molar-refractivity contribution is 0.272. The molecule has 0 bridgehead atoms. The first-order valence-electron chi connectivity index (χ1n) is 8.68. The molecule has 1 aliphatic rings. The average Bonchev–Trinajstić information content (AvgIpc) is 3.24. The van der Waals surface area contributed by atoms with E-state index in [1.165, 1.54) is 83.6 Å². The molecule has 0 N–H and O–H groups in total. The number of alkyl halides is 1. The molecule has 0 amide bonds. The van der Waals surface area contributed by atoms with Gasteiger partial charge in [-0.1, -0.05) is 64.7 Å². The molecular formula is C17H34ClN. The van der Waals surface area contributed by atoms with Crippen LogP contribution in [0.3, 0.4) is 0 Å². The van der Waals surface area contributed by atoms with Gasteiger partial charge in [0, 0.05) is 18.5 Å². The second kappa shape index (κ2) is 12.0. The molecule has 0 saturated heterocycles. The first-order chi connectivity index (χ1) is 9.38. The Labute approximate surface area is 126 Å². The number of hydrogen-bond donors (Lipinski definition) is 0. The first-order valence-corrected chi connectivity index (χ1v) is 9.22. The SMILES string of the molecule is CCCCCCCCCCCCN(CCCl)C1CC1. The third-order valence-corrected chi connectivity index (χ3v) is 4.40. The summed E-state index contributed by atoms with van der Waals surface area (Å²) in [5.41, 5.74) is 0. The lowest BCUT2D eigenvalue weighted by Crippen LogP contribution is -2.29. The topological polar surface area (TPSA) is 3.24 Å². The molecule has 1 fully saturated rings. The van der Waals surface area contributed by atoms with E-state index in [0.29, 0.717) is 0 Å². The monoisotopic (exact) mass is 287 g/mol. The van der Waals surface area contributed by atoms with Crippen molar-refractivity contribution in [1.82, 2.24) is 4.90 Å². The Kier molecular flexibility index (Phi) is 11.0. The summed E-state index contributed by atoms with van der Waals surface area (Å²) in [6, 6.07) is 0.886. The van der Waals surface area contributed by atoms with E-state index in [9.17, 15) is 0 Å². The molecule has 2 heteroatoms. The third kappa shape index (κ3) is 9.73. The minimum absolute atomic E-state index is 0.800. The highest BCUT2D eigenvalue weighted by atomic mass is 35.5. The van der Waals surface area contributed by atoms with Gasteiger partial charge in [0.2, 0.25) is 0 Å². The second-order valence-electron chi connectivity index (χ2n) is 6.14. The van der Waals surface area contributed by atoms with Gasteiger partial charge in [0.1, 0.15) is 0 Å². The van der Waals surface area contributed by atoms with Crippen LogP contribution in [-0.4, -0.2) is 29.9 Å². The van der Waals surface area contributed by atoms with E-state index in [4.69, 9.17) is 11.6 Å². The second-order valence-corrected chi connectivity index (χ2v) is 6.52. The van der Waals surface area contributed by atoms with Crippen LogP contribution in [0.25, 0.3) is 0 Å². The molecule has 0 heterocycles. The molecule has 0 aromatic heterocycles. The van der Waals surface area contributed by atoms with E-state index in [2.05, 4.69) is 11.8 Å². The number of hydrogen-bond acceptors (Lipinski definition) is 1. The van der Waals surface area contributed by atoms with Gasteiger partial charge in [-0.3, -0.25) is 4.90 Å². The quantitative estimate of drug-likeness (QED) is 0.296. The predicted molar refractivity (Wildman–Crippen MR) is 87.2 cm³/mol. The van der Waals surface area contributed by atoms with Gasteiger partial charge in [0.05, 0.1) is 0 Å². The molecule has 1 aliphatic carbocycles. The molecule has 0 spiro atoms. The van der Waals surface area contributed by atoms with Crippen LogP contribution >= 0.6 is 11.6 Å². The fourth-order valence-electron chi connectivity index (χ4n) is 2.83. The highest BCUT2D eigenvalue weighted by Crippen LogP contribution is 2.27. The zero-order valence-electron chi connectivity index (χ0n) is 13.0. The van der Waals surface area contributed by atoms with Crippen LogP contribution in [0.4, 0.5) is 0 Å². The van der Waals surface area contributed by atoms with E-state index in [-0.39, 0.29) is 0 Å². The molecular weight excluding hydrogens is 254 g/mol. The highest BCUT2D eigenvalue weighted by Gasteiger charge is 2.27. The third-order valence-electron chi connectivity index (χ3n) is 4.23. The summed E-state index contributed by atoms with van der Waals surface area (Å²) in [7, 11) is 0. The van der Waals surface area contributed by atoms with Crippen LogP contribution in [0.1, 0.15) is 84.0 Å². The molecule has 0 aliphatic heterocycles. The molecule has 0 aromatic rings. The summed E-state index contributed by atoms with van der Waals surface area (Å²) in [4.78, 5) is 2.61. The molecule has 114 valence electrons. The zero-order valence-corrected chi connectivity index (χ0v) is 13.8. The van der Waals surface area contributed by atoms with Crippen LogP contribution in [0.2, 0.25) is 0 Å². The number of halogens is 1. The van der Waals surface area contributed by atoms with Crippen molar-refractivity contribution in [1.29, 1.82) is 0 Å². The summed E-state index contributed by atoms with van der Waals surface area (Å²) in [6.45, 7) is 4.67. The average molecular weight is 288 g/mol. The van der Waals surface area contributed by atoms with Crippen molar-refractivity contribution >= 4 is 11.6 Å². The first kappa shape index (κ1) is 17.3. The Morgan fingerprint density at radius 3 is 1.79 bits per heavy atom. The minimum Gasteiger partial charge on any atom is -0.299 e. The summed E-state index contributed by atoms with van der Waals surface area (Å²) in [5, 5.41) is 0. The fourth-order valence-corrected chi connectivity index (χ4v) is 3.04. The maximum atomic E-state index is 5.86. The van der Waals surface area contributed by atoms with Crippen LogP contribution in [0, 0.1) is 0 Å². The molecule has 0 unspecified atom stereocenters. The van der Waals surface area contributed by atoms with E-state index >= 15 is 0 Å². The van der Waals surface area contributed by atoms with Crippen molar-refractivity contribution in [3.8, 4) is 0 Å². The Bertz CT molecular complexity index is 192. The largest absolute Gasteiger partial charge is 0.299 e. The van der Waals surface area contributed by atoms with Gasteiger partial charge in [-0.25, -0.2) is 0 Å². The minimum atomic E-state index is 0.800. The van der Waals surface area contributed by atoms with Crippen molar-refractivity contribution < 1.29 is 0 Å². The summed E-state index contributed by atoms with van der Waals surface area (Å²) >= 11 is 5.86. The zero-order chi connectivity index (χ0) is 13.8. The fraction of sp³-hybridized carbons (Fsp3) is 1.00. The van der Waals surface area contributed by atoms with E-state index in [0.717, 1.165) is 18.5 Å². The number of rotatable bonds is 14. The van der Waals surface area contributed by atoms with Gasteiger partial charge < -0.3 is 0 Å². The molecule has 1 rings (SSSR count). The normalized spacial score (nSPS) is 15.3. The Morgan fingerprint density at radius 1 is 0.789 bits per heavy atom. The predicted octanol–water partition coefficient (Wildman–Crippen LogP) is 5.61. The van der Waals surface area contributed by atoms with Crippen molar-refractivity contribution in [2.75, 3.05) is 19.0 Å². The van der Waals surface area contributed by atoms with Gasteiger partial charge >= 0.3 is 0 Å². The van der Waals surface area contributed by atoms with Crippen LogP contribution < -0.4 is 0 Å². The standard InChI is InChI=1S/C17H34ClN/c1-2-3-4-5-6-7-8-9-10-11-15-19(16-14-18)17-12-13-17/h17H,2-16H2,1H3. The van der Waals surface area contributed by atoms with Gasteiger partial charge in [-0.15, -0.1) is 11.6 Å². The Balaban J connectivity index is 1.80. The molecule has 1 nitrogen and oxygen atoms in total. The van der Waals surface area contributed by atoms with Crippen molar-refractivity contribution in [2.45, 2.75) is 90.0 Å². The maximum Gasteiger partial charge on any atom is 0.0351 e. The van der Waals surface area contributed by atoms with Crippen molar-refractivity contribution in [2.24, 2.45) is 0 Å². The summed E-state index contributed by atoms with van der Waals surface area (Å²) < 4.78 is 0. The maximum absolute atomic E-state index is 5.86. The van der Waals surface area contributed by atoms with E-state index < -0.39 is 0 Å². The van der Waals surface area contributed by atoms with Crippen molar-refractivity contribution in [3.63, 3.8) is 0 Å². The lowest BCUT2D eigenvalue weighted by atomic mass is 10.1. The molecule has 19 heavy (non-hydrogen) atoms. The van der Waals surface area contributed by atoms with Gasteiger partial charge in [-0.2, -0.15) is 0 Å². The molecule has 0 aromatic carbocycles.